The number of benzene rings is 1. The highest BCUT2D eigenvalue weighted by Gasteiger charge is 2.19. The van der Waals surface area contributed by atoms with Gasteiger partial charge in [-0.2, -0.15) is 10.2 Å². The second-order valence-electron chi connectivity index (χ2n) is 6.75. The van der Waals surface area contributed by atoms with Crippen molar-refractivity contribution < 1.29 is 0 Å². The highest BCUT2D eigenvalue weighted by Crippen LogP contribution is 2.22. The van der Waals surface area contributed by atoms with Crippen LogP contribution < -0.4 is 10.9 Å². The van der Waals surface area contributed by atoms with E-state index in [-0.39, 0.29) is 11.6 Å². The largest absolute Gasteiger partial charge is 0.315 e. The molecule has 1 N–H and O–H groups in total. The summed E-state index contributed by atoms with van der Waals surface area (Å²) < 4.78 is 3.39. The van der Waals surface area contributed by atoms with Gasteiger partial charge in [-0.25, -0.2) is 14.2 Å². The number of hydrogen-bond acceptors (Lipinski definition) is 5. The summed E-state index contributed by atoms with van der Waals surface area (Å²) >= 11 is 0. The minimum atomic E-state index is -0.0311. The maximum atomic E-state index is 12.8. The Hall–Kier alpha value is -3.06. The smallest absolute Gasteiger partial charge is 0.274 e. The first kappa shape index (κ1) is 15.2. The average molecular weight is 346 g/mol. The Balaban J connectivity index is 1.60. The molecule has 0 bridgehead atoms. The van der Waals surface area contributed by atoms with Gasteiger partial charge in [-0.3, -0.25) is 4.79 Å². The van der Waals surface area contributed by atoms with E-state index in [9.17, 15) is 4.79 Å². The van der Waals surface area contributed by atoms with E-state index in [1.807, 2.05) is 43.5 Å². The Morgan fingerprint density at radius 2 is 2.15 bits per heavy atom. The van der Waals surface area contributed by atoms with E-state index < -0.39 is 0 Å². The van der Waals surface area contributed by atoms with E-state index in [1.54, 1.807) is 15.4 Å². The summed E-state index contributed by atoms with van der Waals surface area (Å²) in [5.74, 6) is 0. The van der Waals surface area contributed by atoms with Crippen molar-refractivity contribution in [3.8, 4) is 11.3 Å². The number of imidazole rings is 1. The minimum Gasteiger partial charge on any atom is -0.315 e. The number of hydrogen-bond donors (Lipinski definition) is 1. The SMILES string of the molecule is Cc1cn2nc(-c3ccc4c(=O)n(C5CCNC5)ncc4c3)ccc2n1. The van der Waals surface area contributed by atoms with Gasteiger partial charge in [-0.1, -0.05) is 6.07 Å². The molecule has 1 aromatic carbocycles. The molecule has 0 radical (unpaired) electrons. The van der Waals surface area contributed by atoms with E-state index >= 15 is 0 Å². The normalized spacial score (nSPS) is 17.3. The van der Waals surface area contributed by atoms with Crippen LogP contribution in [-0.4, -0.2) is 37.5 Å². The highest BCUT2D eigenvalue weighted by molar-refractivity contribution is 5.85. The molecule has 130 valence electrons. The Morgan fingerprint density at radius 3 is 3.00 bits per heavy atom. The highest BCUT2D eigenvalue weighted by atomic mass is 16.1. The third-order valence-corrected chi connectivity index (χ3v) is 4.93. The lowest BCUT2D eigenvalue weighted by Crippen LogP contribution is -2.28. The molecule has 7 heteroatoms. The number of fused-ring (bicyclic) bond motifs is 2. The third kappa shape index (κ3) is 2.40. The van der Waals surface area contributed by atoms with Crippen molar-refractivity contribution in [2.24, 2.45) is 0 Å². The number of rotatable bonds is 2. The van der Waals surface area contributed by atoms with E-state index in [0.717, 1.165) is 47.5 Å². The second kappa shape index (κ2) is 5.74. The van der Waals surface area contributed by atoms with E-state index in [1.165, 1.54) is 0 Å². The van der Waals surface area contributed by atoms with Crippen molar-refractivity contribution in [1.29, 1.82) is 0 Å². The van der Waals surface area contributed by atoms with Gasteiger partial charge in [0, 0.05) is 17.5 Å². The zero-order chi connectivity index (χ0) is 17.7. The summed E-state index contributed by atoms with van der Waals surface area (Å²) in [7, 11) is 0. The Morgan fingerprint density at radius 1 is 1.23 bits per heavy atom. The zero-order valence-electron chi connectivity index (χ0n) is 14.4. The number of aryl methyl sites for hydroxylation is 1. The molecule has 4 heterocycles. The summed E-state index contributed by atoms with van der Waals surface area (Å²) in [6.07, 6.45) is 4.61. The van der Waals surface area contributed by atoms with Crippen molar-refractivity contribution in [3.05, 3.63) is 58.8 Å². The molecule has 1 aliphatic rings. The van der Waals surface area contributed by atoms with E-state index in [0.29, 0.717) is 5.39 Å². The fourth-order valence-corrected chi connectivity index (χ4v) is 3.59. The molecule has 0 saturated carbocycles. The molecule has 1 atom stereocenters. The van der Waals surface area contributed by atoms with Crippen LogP contribution in [0.4, 0.5) is 0 Å². The second-order valence-corrected chi connectivity index (χ2v) is 6.75. The van der Waals surface area contributed by atoms with E-state index in [4.69, 9.17) is 0 Å². The van der Waals surface area contributed by atoms with Crippen LogP contribution >= 0.6 is 0 Å². The van der Waals surface area contributed by atoms with Crippen LogP contribution in [0.15, 0.2) is 47.5 Å². The molecular formula is C19H18N6O. The molecular weight excluding hydrogens is 328 g/mol. The van der Waals surface area contributed by atoms with Crippen LogP contribution in [-0.2, 0) is 0 Å². The van der Waals surface area contributed by atoms with Crippen LogP contribution in [0.2, 0.25) is 0 Å². The molecule has 1 aliphatic heterocycles. The fourth-order valence-electron chi connectivity index (χ4n) is 3.59. The monoisotopic (exact) mass is 346 g/mol. The summed E-state index contributed by atoms with van der Waals surface area (Å²) in [6, 6.07) is 9.82. The minimum absolute atomic E-state index is 0.0311. The Labute approximate surface area is 149 Å². The van der Waals surface area contributed by atoms with Crippen molar-refractivity contribution in [3.63, 3.8) is 0 Å². The van der Waals surface area contributed by atoms with E-state index in [2.05, 4.69) is 20.5 Å². The molecule has 0 aliphatic carbocycles. The zero-order valence-corrected chi connectivity index (χ0v) is 14.4. The lowest BCUT2D eigenvalue weighted by molar-refractivity contribution is 0.469. The number of nitrogens with one attached hydrogen (secondary N) is 1. The number of aromatic nitrogens is 5. The fraction of sp³-hybridized carbons (Fsp3) is 0.263. The molecule has 1 unspecified atom stereocenters. The van der Waals surface area contributed by atoms with Gasteiger partial charge in [0.15, 0.2) is 5.65 Å². The molecule has 5 rings (SSSR count). The summed E-state index contributed by atoms with van der Waals surface area (Å²) in [5.41, 5.74) is 3.51. The maximum Gasteiger partial charge on any atom is 0.274 e. The summed E-state index contributed by atoms with van der Waals surface area (Å²) in [6.45, 7) is 3.67. The average Bonchev–Trinajstić information content (AvgIpc) is 3.29. The lowest BCUT2D eigenvalue weighted by Gasteiger charge is -2.12. The van der Waals surface area contributed by atoms with Crippen LogP contribution in [0.3, 0.4) is 0 Å². The van der Waals surface area contributed by atoms with Gasteiger partial charge in [0.25, 0.3) is 5.56 Å². The third-order valence-electron chi connectivity index (χ3n) is 4.93. The first-order valence-corrected chi connectivity index (χ1v) is 8.75. The van der Waals surface area contributed by atoms with Crippen molar-refractivity contribution in [2.75, 3.05) is 13.1 Å². The summed E-state index contributed by atoms with van der Waals surface area (Å²) in [4.78, 5) is 17.2. The van der Waals surface area contributed by atoms with Crippen LogP contribution in [0.5, 0.6) is 0 Å². The van der Waals surface area contributed by atoms with Gasteiger partial charge in [0.1, 0.15) is 0 Å². The molecule has 26 heavy (non-hydrogen) atoms. The molecule has 1 saturated heterocycles. The van der Waals surface area contributed by atoms with Crippen LogP contribution in [0, 0.1) is 6.92 Å². The summed E-state index contributed by atoms with van der Waals surface area (Å²) in [5, 5.41) is 13.8. The van der Waals surface area contributed by atoms with Crippen molar-refractivity contribution in [2.45, 2.75) is 19.4 Å². The maximum absolute atomic E-state index is 12.8. The Bertz CT molecular complexity index is 1190. The lowest BCUT2D eigenvalue weighted by atomic mass is 10.1. The standard InChI is InChI=1S/C19H18N6O/c1-12-11-24-18(22-12)5-4-17(23-24)13-2-3-16-14(8-13)9-21-25(19(16)26)15-6-7-20-10-15/h2-5,8-9,11,15,20H,6-7,10H2,1H3. The molecule has 7 nitrogen and oxygen atoms in total. The van der Waals surface area contributed by atoms with Gasteiger partial charge in [0.05, 0.1) is 35.2 Å². The predicted molar refractivity (Wildman–Crippen MR) is 99.2 cm³/mol. The number of nitrogens with zero attached hydrogens (tertiary/aromatic N) is 5. The molecule has 0 amide bonds. The molecule has 0 spiro atoms. The topological polar surface area (TPSA) is 77.1 Å². The first-order chi connectivity index (χ1) is 12.7. The van der Waals surface area contributed by atoms with Crippen molar-refractivity contribution in [1.82, 2.24) is 29.7 Å². The van der Waals surface area contributed by atoms with Gasteiger partial charge in [0.2, 0.25) is 0 Å². The van der Waals surface area contributed by atoms with Crippen molar-refractivity contribution >= 4 is 16.4 Å². The van der Waals surface area contributed by atoms with Gasteiger partial charge >= 0.3 is 0 Å². The molecule has 4 aromatic rings. The van der Waals surface area contributed by atoms with Gasteiger partial charge in [-0.05, 0) is 44.2 Å². The van der Waals surface area contributed by atoms with Crippen LogP contribution in [0.25, 0.3) is 27.7 Å². The first-order valence-electron chi connectivity index (χ1n) is 8.75. The van der Waals surface area contributed by atoms with Crippen LogP contribution in [0.1, 0.15) is 18.2 Å². The Kier molecular flexibility index (Phi) is 3.36. The predicted octanol–water partition coefficient (Wildman–Crippen LogP) is 1.95. The van der Waals surface area contributed by atoms with Gasteiger partial charge < -0.3 is 5.32 Å². The molecule has 3 aromatic heterocycles. The quantitative estimate of drug-likeness (QED) is 0.600. The molecule has 1 fully saturated rings. The van der Waals surface area contributed by atoms with Gasteiger partial charge in [-0.15, -0.1) is 0 Å².